The highest BCUT2D eigenvalue weighted by Gasteiger charge is 2.24. The summed E-state index contributed by atoms with van der Waals surface area (Å²) in [7, 11) is 0. The predicted molar refractivity (Wildman–Crippen MR) is 210 cm³/mol. The number of thiophene rings is 1. The molecule has 0 saturated heterocycles. The van der Waals surface area contributed by atoms with E-state index >= 15 is 0 Å². The molecule has 2 heterocycles. The second-order valence-corrected chi connectivity index (χ2v) is 13.6. The summed E-state index contributed by atoms with van der Waals surface area (Å²) in [5, 5.41) is 7.24. The molecule has 10 rings (SSSR count). The van der Waals surface area contributed by atoms with Gasteiger partial charge in [0.05, 0.1) is 5.69 Å². The summed E-state index contributed by atoms with van der Waals surface area (Å²) in [5.74, 6) is 0. The SMILES string of the molecule is c1ccc(-c2ccc3c(oc4ccccc43)c2N(c2ccc(-c3ccc4sc5ccccc5c4c3)cc2)c2ccc3ccccc3c2)cc1. The van der Waals surface area contributed by atoms with Gasteiger partial charge >= 0.3 is 0 Å². The molecule has 0 aliphatic heterocycles. The smallest absolute Gasteiger partial charge is 0.160 e. The average molecular weight is 644 g/mol. The number of benzene rings is 8. The normalized spacial score (nSPS) is 11.7. The molecule has 3 heteroatoms. The van der Waals surface area contributed by atoms with Gasteiger partial charge in [-0.3, -0.25) is 0 Å². The van der Waals surface area contributed by atoms with Gasteiger partial charge in [-0.2, -0.15) is 0 Å². The minimum atomic E-state index is 0.870. The molecule has 0 fully saturated rings. The maximum Gasteiger partial charge on any atom is 0.160 e. The molecule has 0 aliphatic rings. The fourth-order valence-corrected chi connectivity index (χ4v) is 8.37. The zero-order valence-corrected chi connectivity index (χ0v) is 27.3. The number of nitrogens with zero attached hydrogens (tertiary/aromatic N) is 1. The summed E-state index contributed by atoms with van der Waals surface area (Å²) in [6.07, 6.45) is 0. The van der Waals surface area contributed by atoms with Crippen LogP contribution in [0.2, 0.25) is 0 Å². The van der Waals surface area contributed by atoms with E-state index in [9.17, 15) is 0 Å². The Bertz CT molecular complexity index is 2830. The van der Waals surface area contributed by atoms with E-state index in [-0.39, 0.29) is 0 Å². The number of fused-ring (bicyclic) bond motifs is 7. The summed E-state index contributed by atoms with van der Waals surface area (Å²) in [6, 6.07) is 63.2. The topological polar surface area (TPSA) is 16.4 Å². The van der Waals surface area contributed by atoms with Crippen LogP contribution in [0.15, 0.2) is 180 Å². The van der Waals surface area contributed by atoms with E-state index in [1.165, 1.54) is 42.1 Å². The van der Waals surface area contributed by atoms with Crippen molar-refractivity contribution in [1.29, 1.82) is 0 Å². The lowest BCUT2D eigenvalue weighted by Gasteiger charge is -2.28. The third kappa shape index (κ3) is 4.62. The van der Waals surface area contributed by atoms with E-state index in [0.717, 1.165) is 50.1 Å². The molecule has 8 aromatic carbocycles. The first-order valence-electron chi connectivity index (χ1n) is 16.6. The standard InChI is InChI=1S/C46H29NOS/c1-2-11-32(12-3-1)37-25-26-40-38-14-6-8-16-42(38)48-46(40)45(37)47(36-24-20-30-10-4-5-13-33(30)28-36)35-22-18-31(19-23-35)34-21-27-44-41(29-34)39-15-7-9-17-43(39)49-44/h1-29H. The Labute approximate surface area is 287 Å². The van der Waals surface area contributed by atoms with E-state index in [1.54, 1.807) is 0 Å². The summed E-state index contributed by atoms with van der Waals surface area (Å²) >= 11 is 1.85. The molecule has 0 N–H and O–H groups in total. The van der Waals surface area contributed by atoms with E-state index in [2.05, 4.69) is 175 Å². The Hall–Kier alpha value is -6.16. The Morgan fingerprint density at radius 1 is 0.408 bits per heavy atom. The lowest BCUT2D eigenvalue weighted by molar-refractivity contribution is 0.669. The molecule has 0 bridgehead atoms. The molecule has 0 unspecified atom stereocenters. The van der Waals surface area contributed by atoms with Crippen LogP contribution in [0.3, 0.4) is 0 Å². The molecule has 230 valence electrons. The van der Waals surface area contributed by atoms with Gasteiger partial charge in [-0.05, 0) is 82.1 Å². The van der Waals surface area contributed by atoms with Crippen molar-refractivity contribution in [1.82, 2.24) is 0 Å². The maximum absolute atomic E-state index is 6.78. The van der Waals surface area contributed by atoms with Crippen LogP contribution in [0.1, 0.15) is 0 Å². The largest absolute Gasteiger partial charge is 0.454 e. The van der Waals surface area contributed by atoms with Crippen molar-refractivity contribution < 1.29 is 4.42 Å². The quantitative estimate of drug-likeness (QED) is 0.186. The van der Waals surface area contributed by atoms with E-state index in [4.69, 9.17) is 4.42 Å². The number of rotatable bonds is 5. The minimum Gasteiger partial charge on any atom is -0.454 e. The summed E-state index contributed by atoms with van der Waals surface area (Å²) < 4.78 is 9.42. The Morgan fingerprint density at radius 2 is 1.10 bits per heavy atom. The van der Waals surface area contributed by atoms with Crippen LogP contribution in [0, 0.1) is 0 Å². The average Bonchev–Trinajstić information content (AvgIpc) is 3.74. The third-order valence-corrected chi connectivity index (χ3v) is 10.8. The van der Waals surface area contributed by atoms with Crippen LogP contribution in [0.25, 0.3) is 75.1 Å². The summed E-state index contributed by atoms with van der Waals surface area (Å²) in [4.78, 5) is 2.37. The fraction of sp³-hybridized carbons (Fsp3) is 0. The van der Waals surface area contributed by atoms with Crippen LogP contribution in [-0.4, -0.2) is 0 Å². The number of furan rings is 1. The van der Waals surface area contributed by atoms with E-state index < -0.39 is 0 Å². The highest BCUT2D eigenvalue weighted by Crippen LogP contribution is 2.48. The molecule has 0 saturated carbocycles. The maximum atomic E-state index is 6.78. The first kappa shape index (κ1) is 27.9. The van der Waals surface area contributed by atoms with Gasteiger partial charge in [-0.25, -0.2) is 0 Å². The monoisotopic (exact) mass is 643 g/mol. The van der Waals surface area contributed by atoms with Crippen molar-refractivity contribution in [2.75, 3.05) is 4.90 Å². The third-order valence-electron chi connectivity index (χ3n) is 9.66. The van der Waals surface area contributed by atoms with Crippen LogP contribution in [0.5, 0.6) is 0 Å². The first-order chi connectivity index (χ1) is 24.3. The second kappa shape index (κ2) is 11.2. The number of hydrogen-bond donors (Lipinski definition) is 0. The van der Waals surface area contributed by atoms with Gasteiger partial charge in [0.15, 0.2) is 5.58 Å². The van der Waals surface area contributed by atoms with Gasteiger partial charge in [0.1, 0.15) is 5.58 Å². The summed E-state index contributed by atoms with van der Waals surface area (Å²) in [6.45, 7) is 0. The molecule has 2 nitrogen and oxygen atoms in total. The molecule has 2 aromatic heterocycles. The zero-order chi connectivity index (χ0) is 32.3. The van der Waals surface area contributed by atoms with Gasteiger partial charge in [0, 0.05) is 47.9 Å². The molecular formula is C46H29NOS. The van der Waals surface area contributed by atoms with Crippen LogP contribution in [-0.2, 0) is 0 Å². The molecule has 0 spiro atoms. The van der Waals surface area contributed by atoms with Crippen molar-refractivity contribution in [2.24, 2.45) is 0 Å². The highest BCUT2D eigenvalue weighted by atomic mass is 32.1. The number of para-hydroxylation sites is 1. The van der Waals surface area contributed by atoms with Gasteiger partial charge in [0.25, 0.3) is 0 Å². The van der Waals surface area contributed by atoms with Crippen molar-refractivity contribution >= 4 is 81.3 Å². The Morgan fingerprint density at radius 3 is 1.98 bits per heavy atom. The summed E-state index contributed by atoms with van der Waals surface area (Å²) in [5.41, 5.74) is 9.55. The molecule has 0 radical (unpaired) electrons. The van der Waals surface area contributed by atoms with Gasteiger partial charge in [-0.15, -0.1) is 11.3 Å². The van der Waals surface area contributed by atoms with Gasteiger partial charge in [-0.1, -0.05) is 121 Å². The van der Waals surface area contributed by atoms with E-state index in [0.29, 0.717) is 0 Å². The Kier molecular flexibility index (Phi) is 6.39. The van der Waals surface area contributed by atoms with Crippen molar-refractivity contribution in [2.45, 2.75) is 0 Å². The first-order valence-corrected chi connectivity index (χ1v) is 17.4. The van der Waals surface area contributed by atoms with Crippen molar-refractivity contribution in [3.8, 4) is 22.3 Å². The molecule has 10 aromatic rings. The van der Waals surface area contributed by atoms with Crippen molar-refractivity contribution in [3.63, 3.8) is 0 Å². The van der Waals surface area contributed by atoms with Crippen LogP contribution in [0.4, 0.5) is 17.1 Å². The Balaban J connectivity index is 1.20. The van der Waals surface area contributed by atoms with Crippen LogP contribution >= 0.6 is 11.3 Å². The number of hydrogen-bond acceptors (Lipinski definition) is 3. The number of anilines is 3. The minimum absolute atomic E-state index is 0.870. The van der Waals surface area contributed by atoms with Crippen molar-refractivity contribution in [3.05, 3.63) is 176 Å². The zero-order valence-electron chi connectivity index (χ0n) is 26.5. The molecule has 0 atom stereocenters. The molecule has 49 heavy (non-hydrogen) atoms. The highest BCUT2D eigenvalue weighted by molar-refractivity contribution is 7.25. The molecule has 0 amide bonds. The van der Waals surface area contributed by atoms with Gasteiger partial charge in [0.2, 0.25) is 0 Å². The predicted octanol–water partition coefficient (Wildman–Crippen LogP) is 13.9. The van der Waals surface area contributed by atoms with Gasteiger partial charge < -0.3 is 9.32 Å². The lowest BCUT2D eigenvalue weighted by atomic mass is 9.98. The lowest BCUT2D eigenvalue weighted by Crippen LogP contribution is -2.11. The van der Waals surface area contributed by atoms with Crippen LogP contribution < -0.4 is 4.90 Å². The fourth-order valence-electron chi connectivity index (χ4n) is 7.28. The molecular weight excluding hydrogens is 615 g/mol. The van der Waals surface area contributed by atoms with E-state index in [1.807, 2.05) is 17.4 Å². The second-order valence-electron chi connectivity index (χ2n) is 12.5. The molecule has 0 aliphatic carbocycles.